The van der Waals surface area contributed by atoms with Crippen LogP contribution in [-0.4, -0.2) is 81.5 Å². The zero-order valence-corrected chi connectivity index (χ0v) is 18.6. The third kappa shape index (κ3) is 5.71. The van der Waals surface area contributed by atoms with Crippen LogP contribution in [0, 0.1) is 0 Å². The van der Waals surface area contributed by atoms with Gasteiger partial charge in [-0.1, -0.05) is 6.07 Å². The molecule has 0 aliphatic carbocycles. The van der Waals surface area contributed by atoms with Crippen molar-refractivity contribution in [1.82, 2.24) is 15.5 Å². The van der Waals surface area contributed by atoms with E-state index in [4.69, 9.17) is 19.2 Å². The minimum atomic E-state index is 0.188. The fourth-order valence-electron chi connectivity index (χ4n) is 3.87. The Balaban J connectivity index is 1.65. The van der Waals surface area contributed by atoms with Crippen LogP contribution in [-0.2, 0) is 11.3 Å². The second kappa shape index (κ2) is 10.9. The highest BCUT2D eigenvalue weighted by atomic mass is 32.2. The Morgan fingerprint density at radius 3 is 2.66 bits per heavy atom. The van der Waals surface area contributed by atoms with Gasteiger partial charge >= 0.3 is 0 Å². The minimum absolute atomic E-state index is 0.188. The molecule has 29 heavy (non-hydrogen) atoms. The average Bonchev–Trinajstić information content (AvgIpc) is 3.26. The summed E-state index contributed by atoms with van der Waals surface area (Å²) in [5, 5.41) is 6.99. The Kier molecular flexibility index (Phi) is 8.32. The lowest BCUT2D eigenvalue weighted by Gasteiger charge is -2.43. The molecule has 0 spiro atoms. The molecule has 3 rings (SSSR count). The quantitative estimate of drug-likeness (QED) is 0.490. The Bertz CT molecular complexity index is 674. The summed E-state index contributed by atoms with van der Waals surface area (Å²) in [7, 11) is 3.30. The number of ether oxygens (including phenoxy) is 3. The number of thioether (sulfide) groups is 1. The molecule has 1 unspecified atom stereocenters. The van der Waals surface area contributed by atoms with Gasteiger partial charge in [-0.25, -0.2) is 4.99 Å². The van der Waals surface area contributed by atoms with Gasteiger partial charge in [0.15, 0.2) is 17.5 Å². The average molecular weight is 423 g/mol. The number of nitrogens with one attached hydrogen (secondary N) is 2. The third-order valence-electron chi connectivity index (χ3n) is 5.56. The number of methoxy groups -OCH3 is 2. The molecule has 1 atom stereocenters. The molecule has 0 radical (unpaired) electrons. The molecule has 2 saturated heterocycles. The molecule has 1 aromatic carbocycles. The molecule has 2 aliphatic heterocycles. The van der Waals surface area contributed by atoms with Crippen molar-refractivity contribution in [1.29, 1.82) is 0 Å². The summed E-state index contributed by atoms with van der Waals surface area (Å²) in [5.41, 5.74) is 1.27. The highest BCUT2D eigenvalue weighted by Crippen LogP contribution is 2.33. The maximum atomic E-state index is 5.57. The number of morpholine rings is 1. The summed E-state index contributed by atoms with van der Waals surface area (Å²) in [6.45, 7) is 8.10. The number of nitrogens with zero attached hydrogens (tertiary/aromatic N) is 2. The van der Waals surface area contributed by atoms with Gasteiger partial charge in [0.2, 0.25) is 0 Å². The van der Waals surface area contributed by atoms with Crippen LogP contribution in [0.25, 0.3) is 0 Å². The molecular weight excluding hydrogens is 388 g/mol. The second-order valence-corrected chi connectivity index (χ2v) is 8.47. The zero-order chi connectivity index (χ0) is 20.5. The van der Waals surface area contributed by atoms with E-state index in [9.17, 15) is 0 Å². The molecule has 2 aliphatic rings. The van der Waals surface area contributed by atoms with E-state index in [2.05, 4.69) is 22.5 Å². The predicted molar refractivity (Wildman–Crippen MR) is 119 cm³/mol. The summed E-state index contributed by atoms with van der Waals surface area (Å²) in [6.07, 6.45) is 1.21. The maximum Gasteiger partial charge on any atom is 0.191 e. The molecule has 162 valence electrons. The van der Waals surface area contributed by atoms with E-state index >= 15 is 0 Å². The van der Waals surface area contributed by atoms with Gasteiger partial charge in [-0.2, -0.15) is 11.8 Å². The van der Waals surface area contributed by atoms with Crippen molar-refractivity contribution in [2.75, 3.05) is 65.1 Å². The van der Waals surface area contributed by atoms with Crippen LogP contribution in [0.5, 0.6) is 11.5 Å². The molecule has 0 aromatic heterocycles. The zero-order valence-electron chi connectivity index (χ0n) is 17.8. The van der Waals surface area contributed by atoms with Crippen LogP contribution < -0.4 is 20.1 Å². The molecule has 0 amide bonds. The van der Waals surface area contributed by atoms with E-state index in [1.807, 2.05) is 30.0 Å². The molecule has 8 heteroatoms. The summed E-state index contributed by atoms with van der Waals surface area (Å²) in [5.74, 6) is 4.70. The standard InChI is InChI=1S/C21H34N4O3S/c1-4-22-20(23-14-17-5-6-18(26-2)19(13-17)27-3)24-15-21(7-12-29-16-21)25-8-10-28-11-9-25/h5-6,13H,4,7-12,14-16H2,1-3H3,(H2,22,23,24). The van der Waals surface area contributed by atoms with Crippen LogP contribution in [0.2, 0.25) is 0 Å². The number of benzene rings is 1. The summed E-state index contributed by atoms with van der Waals surface area (Å²) in [4.78, 5) is 7.41. The van der Waals surface area contributed by atoms with E-state index in [0.717, 1.165) is 68.2 Å². The van der Waals surface area contributed by atoms with Crippen LogP contribution in [0.4, 0.5) is 0 Å². The van der Waals surface area contributed by atoms with Crippen LogP contribution in [0.3, 0.4) is 0 Å². The van der Waals surface area contributed by atoms with Crippen molar-refractivity contribution < 1.29 is 14.2 Å². The molecule has 7 nitrogen and oxygen atoms in total. The van der Waals surface area contributed by atoms with E-state index < -0.39 is 0 Å². The number of rotatable bonds is 8. The first-order valence-corrected chi connectivity index (χ1v) is 11.5. The van der Waals surface area contributed by atoms with Crippen LogP contribution in [0.1, 0.15) is 18.9 Å². The molecule has 2 heterocycles. The van der Waals surface area contributed by atoms with Gasteiger partial charge < -0.3 is 24.8 Å². The lowest BCUT2D eigenvalue weighted by molar-refractivity contribution is -0.0120. The minimum Gasteiger partial charge on any atom is -0.493 e. The van der Waals surface area contributed by atoms with Crippen molar-refractivity contribution in [3.8, 4) is 11.5 Å². The number of guanidine groups is 1. The van der Waals surface area contributed by atoms with E-state index in [1.54, 1.807) is 14.2 Å². The lowest BCUT2D eigenvalue weighted by atomic mass is 9.95. The summed E-state index contributed by atoms with van der Waals surface area (Å²) in [6, 6.07) is 5.93. The van der Waals surface area contributed by atoms with Gasteiger partial charge in [0, 0.05) is 37.5 Å². The van der Waals surface area contributed by atoms with Crippen LogP contribution >= 0.6 is 11.8 Å². The summed E-state index contributed by atoms with van der Waals surface area (Å²) >= 11 is 2.05. The molecule has 2 N–H and O–H groups in total. The van der Waals surface area contributed by atoms with E-state index in [1.165, 1.54) is 12.2 Å². The Hall–Kier alpha value is -1.64. The topological polar surface area (TPSA) is 67.4 Å². The van der Waals surface area contributed by atoms with Gasteiger partial charge in [-0.05, 0) is 36.8 Å². The van der Waals surface area contributed by atoms with Gasteiger partial charge in [0.05, 0.1) is 34.0 Å². The van der Waals surface area contributed by atoms with Crippen molar-refractivity contribution in [3.05, 3.63) is 23.8 Å². The van der Waals surface area contributed by atoms with Crippen molar-refractivity contribution >= 4 is 17.7 Å². The first-order chi connectivity index (χ1) is 14.2. The van der Waals surface area contributed by atoms with Gasteiger partial charge in [0.25, 0.3) is 0 Å². The molecular formula is C21H34N4O3S. The van der Waals surface area contributed by atoms with Gasteiger partial charge in [-0.15, -0.1) is 0 Å². The number of hydrogen-bond donors (Lipinski definition) is 2. The fourth-order valence-corrected chi connectivity index (χ4v) is 5.35. The molecule has 2 fully saturated rings. The molecule has 1 aromatic rings. The molecule has 0 saturated carbocycles. The van der Waals surface area contributed by atoms with Crippen molar-refractivity contribution in [2.45, 2.75) is 25.4 Å². The van der Waals surface area contributed by atoms with E-state index in [0.29, 0.717) is 6.54 Å². The molecule has 0 bridgehead atoms. The number of hydrogen-bond acceptors (Lipinski definition) is 6. The Morgan fingerprint density at radius 1 is 1.21 bits per heavy atom. The second-order valence-electron chi connectivity index (χ2n) is 7.36. The first kappa shape index (κ1) is 22.1. The summed E-state index contributed by atoms with van der Waals surface area (Å²) < 4.78 is 16.3. The number of aliphatic imine (C=N–C) groups is 1. The predicted octanol–water partition coefficient (Wildman–Crippen LogP) is 1.97. The normalized spacial score (nSPS) is 23.1. The maximum absolute atomic E-state index is 5.57. The Morgan fingerprint density at radius 2 is 2.00 bits per heavy atom. The van der Waals surface area contributed by atoms with Crippen molar-refractivity contribution in [2.24, 2.45) is 4.99 Å². The largest absolute Gasteiger partial charge is 0.493 e. The van der Waals surface area contributed by atoms with Gasteiger partial charge in [-0.3, -0.25) is 4.90 Å². The fraction of sp³-hybridized carbons (Fsp3) is 0.667. The van der Waals surface area contributed by atoms with Gasteiger partial charge in [0.1, 0.15) is 0 Å². The smallest absolute Gasteiger partial charge is 0.191 e. The van der Waals surface area contributed by atoms with Crippen molar-refractivity contribution in [3.63, 3.8) is 0 Å². The lowest BCUT2D eigenvalue weighted by Crippen LogP contribution is -2.60. The first-order valence-electron chi connectivity index (χ1n) is 10.3. The third-order valence-corrected chi connectivity index (χ3v) is 6.80. The Labute approximate surface area is 178 Å². The highest BCUT2D eigenvalue weighted by Gasteiger charge is 2.40. The van der Waals surface area contributed by atoms with Crippen LogP contribution in [0.15, 0.2) is 23.2 Å². The van der Waals surface area contributed by atoms with E-state index in [-0.39, 0.29) is 5.54 Å². The monoisotopic (exact) mass is 422 g/mol. The highest BCUT2D eigenvalue weighted by molar-refractivity contribution is 7.99. The SMILES string of the molecule is CCNC(=NCc1ccc(OC)c(OC)c1)NCC1(N2CCOCC2)CCSC1.